The highest BCUT2D eigenvalue weighted by molar-refractivity contribution is 5.73. The van der Waals surface area contributed by atoms with Crippen molar-refractivity contribution < 1.29 is 4.42 Å². The lowest BCUT2D eigenvalue weighted by Crippen LogP contribution is -2.20. The van der Waals surface area contributed by atoms with Gasteiger partial charge in [0.15, 0.2) is 11.5 Å². The topological polar surface area (TPSA) is 58.0 Å². The van der Waals surface area contributed by atoms with Gasteiger partial charge in [0.05, 0.1) is 6.54 Å². The van der Waals surface area contributed by atoms with Crippen LogP contribution in [-0.4, -0.2) is 32.9 Å². The van der Waals surface area contributed by atoms with Crippen LogP contribution >= 0.6 is 0 Å². The van der Waals surface area contributed by atoms with Crippen molar-refractivity contribution in [3.8, 4) is 0 Å². The van der Waals surface area contributed by atoms with E-state index < -0.39 is 0 Å². The molecule has 1 aromatic carbocycles. The first-order valence-corrected chi connectivity index (χ1v) is 7.35. The second kappa shape index (κ2) is 5.00. The third kappa shape index (κ3) is 2.45. The number of nitrogens with one attached hydrogen (secondary N) is 1. The number of H-pyrrole nitrogens is 1. The van der Waals surface area contributed by atoms with Crippen LogP contribution < -0.4 is 0 Å². The lowest BCUT2D eigenvalue weighted by molar-refractivity contribution is 0.313. The number of hydrogen-bond acceptors (Lipinski definition) is 4. The first-order valence-electron chi connectivity index (χ1n) is 7.35. The van der Waals surface area contributed by atoms with E-state index in [1.165, 1.54) is 5.56 Å². The maximum Gasteiger partial charge on any atom is 0.199 e. The molecule has 0 bridgehead atoms. The largest absolute Gasteiger partial charge is 0.440 e. The number of imidazole rings is 1. The second-order valence-corrected chi connectivity index (χ2v) is 5.78. The summed E-state index contributed by atoms with van der Waals surface area (Å²) in [6.45, 7) is 4.98. The van der Waals surface area contributed by atoms with E-state index in [9.17, 15) is 0 Å². The van der Waals surface area contributed by atoms with Gasteiger partial charge in [0.1, 0.15) is 11.3 Å². The molecule has 4 rings (SSSR count). The Hall–Kier alpha value is -2.14. The predicted octanol–water partition coefficient (Wildman–Crippen LogP) is 2.85. The molecule has 0 aliphatic carbocycles. The average molecular weight is 282 g/mol. The molecule has 1 N–H and O–H groups in total. The normalized spacial score (nSPS) is 19.6. The Kier molecular flexibility index (Phi) is 3.00. The number of hydrogen-bond donors (Lipinski definition) is 1. The number of aromatic nitrogens is 3. The molecule has 0 radical (unpaired) electrons. The Labute approximate surface area is 123 Å². The van der Waals surface area contributed by atoms with Gasteiger partial charge >= 0.3 is 0 Å². The maximum atomic E-state index is 5.93. The Bertz CT molecular complexity index is 747. The molecule has 21 heavy (non-hydrogen) atoms. The van der Waals surface area contributed by atoms with Crippen LogP contribution in [0.15, 0.2) is 35.0 Å². The van der Waals surface area contributed by atoms with Crippen LogP contribution in [0.1, 0.15) is 29.6 Å². The van der Waals surface area contributed by atoms with E-state index >= 15 is 0 Å². The number of aryl methyl sites for hydroxylation is 1. The molecule has 5 heteroatoms. The fraction of sp³-hybridized carbons (Fsp3) is 0.375. The number of rotatable bonds is 3. The van der Waals surface area contributed by atoms with Gasteiger partial charge in [0.25, 0.3) is 0 Å². The van der Waals surface area contributed by atoms with Gasteiger partial charge in [-0.15, -0.1) is 0 Å². The standard InChI is InChI=1S/C16H18N4O/c1-11-2-3-14-13(8-11)19-16(21-14)12-4-7-20(9-12)10-15-17-5-6-18-15/h2-3,5-6,8,12H,4,7,9-10H2,1H3,(H,17,18). The van der Waals surface area contributed by atoms with Crippen LogP contribution in [0.25, 0.3) is 11.1 Å². The Morgan fingerprint density at radius 1 is 1.43 bits per heavy atom. The lowest BCUT2D eigenvalue weighted by atomic mass is 10.1. The SMILES string of the molecule is Cc1ccc2oc(C3CCN(Cc4ncc[nH]4)C3)nc2c1. The van der Waals surface area contributed by atoms with E-state index in [1.54, 1.807) is 6.20 Å². The summed E-state index contributed by atoms with van der Waals surface area (Å²) in [5, 5.41) is 0. The van der Waals surface area contributed by atoms with Crippen LogP contribution in [0.2, 0.25) is 0 Å². The van der Waals surface area contributed by atoms with Crippen LogP contribution in [-0.2, 0) is 6.54 Å². The Morgan fingerprint density at radius 2 is 2.38 bits per heavy atom. The average Bonchev–Trinajstić information content (AvgIpc) is 3.18. The number of benzene rings is 1. The van der Waals surface area contributed by atoms with Gasteiger partial charge < -0.3 is 9.40 Å². The molecule has 108 valence electrons. The summed E-state index contributed by atoms with van der Waals surface area (Å²) in [6.07, 6.45) is 4.75. The maximum absolute atomic E-state index is 5.93. The molecule has 1 aliphatic rings. The molecule has 0 amide bonds. The molecule has 1 fully saturated rings. The third-order valence-corrected chi connectivity index (χ3v) is 4.11. The first-order chi connectivity index (χ1) is 10.3. The van der Waals surface area contributed by atoms with Crippen LogP contribution in [0.4, 0.5) is 0 Å². The molecule has 3 aromatic rings. The number of nitrogens with zero attached hydrogens (tertiary/aromatic N) is 3. The van der Waals surface area contributed by atoms with Crippen molar-refractivity contribution in [1.82, 2.24) is 19.9 Å². The number of fused-ring (bicyclic) bond motifs is 1. The number of oxazole rings is 1. The summed E-state index contributed by atoms with van der Waals surface area (Å²) in [7, 11) is 0. The first kappa shape index (κ1) is 12.6. The minimum absolute atomic E-state index is 0.382. The second-order valence-electron chi connectivity index (χ2n) is 5.78. The van der Waals surface area contributed by atoms with Gasteiger partial charge in [-0.3, -0.25) is 4.90 Å². The summed E-state index contributed by atoms with van der Waals surface area (Å²) >= 11 is 0. The molecule has 1 aliphatic heterocycles. The summed E-state index contributed by atoms with van der Waals surface area (Å²) < 4.78 is 5.93. The van der Waals surface area contributed by atoms with Crippen molar-refractivity contribution in [3.63, 3.8) is 0 Å². The predicted molar refractivity (Wildman–Crippen MR) is 80.0 cm³/mol. The summed E-state index contributed by atoms with van der Waals surface area (Å²) in [6, 6.07) is 6.16. The number of likely N-dealkylation sites (tertiary alicyclic amines) is 1. The highest BCUT2D eigenvalue weighted by Gasteiger charge is 2.28. The lowest BCUT2D eigenvalue weighted by Gasteiger charge is -2.12. The van der Waals surface area contributed by atoms with E-state index in [2.05, 4.69) is 38.9 Å². The van der Waals surface area contributed by atoms with E-state index in [0.717, 1.165) is 48.9 Å². The molecular formula is C16H18N4O. The van der Waals surface area contributed by atoms with Gasteiger partial charge in [0.2, 0.25) is 0 Å². The van der Waals surface area contributed by atoms with Gasteiger partial charge in [0, 0.05) is 24.9 Å². The molecule has 1 unspecified atom stereocenters. The fourth-order valence-corrected chi connectivity index (χ4v) is 3.00. The fourth-order valence-electron chi connectivity index (χ4n) is 3.00. The molecule has 2 aromatic heterocycles. The van der Waals surface area contributed by atoms with Crippen molar-refractivity contribution in [1.29, 1.82) is 0 Å². The molecular weight excluding hydrogens is 264 g/mol. The highest BCUT2D eigenvalue weighted by atomic mass is 16.3. The zero-order chi connectivity index (χ0) is 14.2. The zero-order valence-corrected chi connectivity index (χ0v) is 12.0. The Balaban J connectivity index is 1.51. The summed E-state index contributed by atoms with van der Waals surface area (Å²) in [5.74, 6) is 2.27. The van der Waals surface area contributed by atoms with Gasteiger partial charge in [-0.1, -0.05) is 6.07 Å². The van der Waals surface area contributed by atoms with E-state index in [4.69, 9.17) is 4.42 Å². The van der Waals surface area contributed by atoms with Gasteiger partial charge in [-0.05, 0) is 37.6 Å². The highest BCUT2D eigenvalue weighted by Crippen LogP contribution is 2.29. The summed E-state index contributed by atoms with van der Waals surface area (Å²) in [4.78, 5) is 14.5. The number of aromatic amines is 1. The van der Waals surface area contributed by atoms with Crippen LogP contribution in [0.3, 0.4) is 0 Å². The van der Waals surface area contributed by atoms with Crippen LogP contribution in [0, 0.1) is 6.92 Å². The quantitative estimate of drug-likeness (QED) is 0.802. The molecule has 5 nitrogen and oxygen atoms in total. The molecule has 1 atom stereocenters. The van der Waals surface area contributed by atoms with E-state index in [0.29, 0.717) is 5.92 Å². The molecule has 0 spiro atoms. The monoisotopic (exact) mass is 282 g/mol. The molecule has 3 heterocycles. The van der Waals surface area contributed by atoms with E-state index in [-0.39, 0.29) is 0 Å². The van der Waals surface area contributed by atoms with Gasteiger partial charge in [-0.2, -0.15) is 0 Å². The minimum atomic E-state index is 0.382. The Morgan fingerprint density at radius 3 is 3.24 bits per heavy atom. The van der Waals surface area contributed by atoms with Crippen molar-refractivity contribution in [3.05, 3.63) is 47.9 Å². The van der Waals surface area contributed by atoms with E-state index in [1.807, 2.05) is 12.3 Å². The van der Waals surface area contributed by atoms with Crippen molar-refractivity contribution >= 4 is 11.1 Å². The summed E-state index contributed by atoms with van der Waals surface area (Å²) in [5.41, 5.74) is 3.07. The third-order valence-electron chi connectivity index (χ3n) is 4.11. The zero-order valence-electron chi connectivity index (χ0n) is 12.0. The van der Waals surface area contributed by atoms with Crippen LogP contribution in [0.5, 0.6) is 0 Å². The molecule has 0 saturated carbocycles. The minimum Gasteiger partial charge on any atom is -0.440 e. The van der Waals surface area contributed by atoms with Crippen molar-refractivity contribution in [2.45, 2.75) is 25.8 Å². The van der Waals surface area contributed by atoms with Crippen molar-refractivity contribution in [2.75, 3.05) is 13.1 Å². The van der Waals surface area contributed by atoms with Gasteiger partial charge in [-0.25, -0.2) is 9.97 Å². The van der Waals surface area contributed by atoms with Crippen molar-refractivity contribution in [2.24, 2.45) is 0 Å². The smallest absolute Gasteiger partial charge is 0.199 e. The molecule has 1 saturated heterocycles.